The van der Waals surface area contributed by atoms with Crippen LogP contribution in [0.25, 0.3) is 0 Å². The smallest absolute Gasteiger partial charge is 0.332 e. The monoisotopic (exact) mass is 239 g/mol. The van der Waals surface area contributed by atoms with E-state index in [1.54, 1.807) is 0 Å². The van der Waals surface area contributed by atoms with Crippen molar-refractivity contribution < 1.29 is 13.9 Å². The van der Waals surface area contributed by atoms with Gasteiger partial charge in [0.05, 0.1) is 12.8 Å². The summed E-state index contributed by atoms with van der Waals surface area (Å²) in [4.78, 5) is 10.4. The minimum absolute atomic E-state index is 0.162. The molecule has 0 spiro atoms. The summed E-state index contributed by atoms with van der Waals surface area (Å²) < 4.78 is 18.5. The topological polar surface area (TPSA) is 76.7 Å². The molecule has 0 radical (unpaired) electrons. The van der Waals surface area contributed by atoms with Gasteiger partial charge in [-0.1, -0.05) is 13.0 Å². The second-order valence-corrected chi connectivity index (χ2v) is 3.27. The van der Waals surface area contributed by atoms with Crippen LogP contribution >= 0.6 is 0 Å². The Bertz CT molecular complexity index is 421. The van der Waals surface area contributed by atoms with E-state index in [0.29, 0.717) is 12.2 Å². The second kappa shape index (κ2) is 6.47. The van der Waals surface area contributed by atoms with Gasteiger partial charge < -0.3 is 10.5 Å². The number of urea groups is 1. The van der Waals surface area contributed by atoms with Gasteiger partial charge in [0.25, 0.3) is 0 Å². The van der Waals surface area contributed by atoms with Crippen LogP contribution in [0, 0.1) is 5.82 Å². The number of primary amides is 1. The predicted molar refractivity (Wildman–Crippen MR) is 62.5 cm³/mol. The molecule has 92 valence electrons. The largest absolute Gasteiger partial charge is 0.491 e. The number of benzene rings is 1. The first-order valence-electron chi connectivity index (χ1n) is 5.14. The molecule has 3 N–H and O–H groups in total. The van der Waals surface area contributed by atoms with Crippen molar-refractivity contribution in [2.24, 2.45) is 10.8 Å². The van der Waals surface area contributed by atoms with Gasteiger partial charge >= 0.3 is 6.03 Å². The zero-order valence-electron chi connectivity index (χ0n) is 9.44. The first kappa shape index (κ1) is 13.0. The van der Waals surface area contributed by atoms with Crippen LogP contribution in [0.3, 0.4) is 0 Å². The zero-order valence-corrected chi connectivity index (χ0v) is 9.44. The number of nitrogens with zero attached hydrogens (tertiary/aromatic N) is 1. The molecule has 0 aliphatic carbocycles. The number of halogens is 1. The van der Waals surface area contributed by atoms with Gasteiger partial charge in [0.15, 0.2) is 11.6 Å². The highest BCUT2D eigenvalue weighted by Gasteiger charge is 2.03. The summed E-state index contributed by atoms with van der Waals surface area (Å²) >= 11 is 0. The third-order valence-electron chi connectivity index (χ3n) is 1.81. The van der Waals surface area contributed by atoms with Crippen molar-refractivity contribution in [1.82, 2.24) is 5.43 Å². The Morgan fingerprint density at radius 1 is 1.65 bits per heavy atom. The van der Waals surface area contributed by atoms with Gasteiger partial charge in [-0.3, -0.25) is 0 Å². The molecule has 0 aliphatic rings. The fraction of sp³-hybridized carbons (Fsp3) is 0.273. The number of hydrogen-bond donors (Lipinski definition) is 2. The Morgan fingerprint density at radius 3 is 3.06 bits per heavy atom. The van der Waals surface area contributed by atoms with Crippen molar-refractivity contribution in [2.75, 3.05) is 6.61 Å². The molecule has 2 amide bonds. The number of carbonyl (C=O) groups excluding carboxylic acids is 1. The standard InChI is InChI=1S/C11H14FN3O2/c1-2-5-17-10-6-8(3-4-9(10)12)7-14-15-11(13)16/h3-4,6-7H,2,5H2,1H3,(H3,13,15,16). The molecule has 0 fully saturated rings. The van der Waals surface area contributed by atoms with Crippen molar-refractivity contribution in [3.63, 3.8) is 0 Å². The van der Waals surface area contributed by atoms with Crippen molar-refractivity contribution in [3.8, 4) is 5.75 Å². The predicted octanol–water partition coefficient (Wildman–Crippen LogP) is 1.62. The first-order valence-corrected chi connectivity index (χ1v) is 5.14. The third-order valence-corrected chi connectivity index (χ3v) is 1.81. The van der Waals surface area contributed by atoms with Crippen molar-refractivity contribution >= 4 is 12.2 Å². The lowest BCUT2D eigenvalue weighted by Gasteiger charge is -2.06. The number of nitrogens with one attached hydrogen (secondary N) is 1. The van der Waals surface area contributed by atoms with Crippen LogP contribution in [0.4, 0.5) is 9.18 Å². The van der Waals surface area contributed by atoms with E-state index < -0.39 is 11.8 Å². The lowest BCUT2D eigenvalue weighted by molar-refractivity contribution is 0.249. The molecule has 0 heterocycles. The van der Waals surface area contributed by atoms with Crippen LogP contribution in [-0.2, 0) is 0 Å². The highest BCUT2D eigenvalue weighted by atomic mass is 19.1. The number of hydrogen-bond acceptors (Lipinski definition) is 3. The van der Waals surface area contributed by atoms with Crippen molar-refractivity contribution in [1.29, 1.82) is 0 Å². The molecule has 6 heteroatoms. The Labute approximate surface area is 98.5 Å². The average molecular weight is 239 g/mol. The minimum Gasteiger partial charge on any atom is -0.491 e. The SMILES string of the molecule is CCCOc1cc(C=NNC(N)=O)ccc1F. The van der Waals surface area contributed by atoms with Gasteiger partial charge in [-0.2, -0.15) is 5.10 Å². The molecule has 5 nitrogen and oxygen atoms in total. The Kier molecular flexibility index (Phi) is 4.93. The maximum absolute atomic E-state index is 13.3. The van der Waals surface area contributed by atoms with Crippen LogP contribution in [-0.4, -0.2) is 18.9 Å². The van der Waals surface area contributed by atoms with Gasteiger partial charge in [0, 0.05) is 0 Å². The fourth-order valence-electron chi connectivity index (χ4n) is 1.09. The quantitative estimate of drug-likeness (QED) is 0.605. The summed E-state index contributed by atoms with van der Waals surface area (Å²) in [6, 6.07) is 3.53. The summed E-state index contributed by atoms with van der Waals surface area (Å²) in [6.07, 6.45) is 2.14. The van der Waals surface area contributed by atoms with Crippen molar-refractivity contribution in [3.05, 3.63) is 29.6 Å². The number of rotatable bonds is 5. The van der Waals surface area contributed by atoms with Gasteiger partial charge in [-0.15, -0.1) is 0 Å². The van der Waals surface area contributed by atoms with E-state index in [-0.39, 0.29) is 5.75 Å². The molecule has 17 heavy (non-hydrogen) atoms. The number of ether oxygens (including phenoxy) is 1. The molecule has 0 atom stereocenters. The molecule has 1 aromatic rings. The van der Waals surface area contributed by atoms with Crippen LogP contribution in [0.5, 0.6) is 5.75 Å². The lowest BCUT2D eigenvalue weighted by Crippen LogP contribution is -2.24. The van der Waals surface area contributed by atoms with E-state index >= 15 is 0 Å². The third kappa shape index (κ3) is 4.50. The molecule has 0 unspecified atom stereocenters. The van der Waals surface area contributed by atoms with Gasteiger partial charge in [0.2, 0.25) is 0 Å². The van der Waals surface area contributed by atoms with Gasteiger partial charge in [-0.25, -0.2) is 14.6 Å². The van der Waals surface area contributed by atoms with E-state index in [1.807, 2.05) is 12.3 Å². The lowest BCUT2D eigenvalue weighted by atomic mass is 10.2. The van der Waals surface area contributed by atoms with Crippen LogP contribution in [0.1, 0.15) is 18.9 Å². The maximum atomic E-state index is 13.3. The number of amides is 2. The van der Waals surface area contributed by atoms with Crippen LogP contribution < -0.4 is 15.9 Å². The normalized spacial score (nSPS) is 10.5. The maximum Gasteiger partial charge on any atom is 0.332 e. The van der Waals surface area contributed by atoms with Crippen molar-refractivity contribution in [2.45, 2.75) is 13.3 Å². The van der Waals surface area contributed by atoms with E-state index in [0.717, 1.165) is 6.42 Å². The summed E-state index contributed by atoms with van der Waals surface area (Å²) in [6.45, 7) is 2.37. The summed E-state index contributed by atoms with van der Waals surface area (Å²) in [7, 11) is 0. The van der Waals surface area contributed by atoms with Crippen LogP contribution in [0.2, 0.25) is 0 Å². The zero-order chi connectivity index (χ0) is 12.7. The first-order chi connectivity index (χ1) is 8.13. The number of carbonyl (C=O) groups is 1. The summed E-state index contributed by atoms with van der Waals surface area (Å²) in [5, 5.41) is 3.56. The molecule has 1 rings (SSSR count). The van der Waals surface area contributed by atoms with Gasteiger partial charge in [0.1, 0.15) is 0 Å². The highest BCUT2D eigenvalue weighted by Crippen LogP contribution is 2.18. The molecular formula is C11H14FN3O2. The highest BCUT2D eigenvalue weighted by molar-refractivity contribution is 5.81. The van der Waals surface area contributed by atoms with E-state index in [2.05, 4.69) is 5.10 Å². The summed E-state index contributed by atoms with van der Waals surface area (Å²) in [5.74, 6) is -0.270. The fourth-order valence-corrected chi connectivity index (χ4v) is 1.09. The molecule has 1 aromatic carbocycles. The van der Waals surface area contributed by atoms with Gasteiger partial charge in [-0.05, 0) is 24.1 Å². The van der Waals surface area contributed by atoms with E-state index in [9.17, 15) is 9.18 Å². The molecule has 0 bridgehead atoms. The molecule has 0 saturated carbocycles. The molecular weight excluding hydrogens is 225 g/mol. The molecule has 0 saturated heterocycles. The number of hydrazone groups is 1. The number of nitrogens with two attached hydrogens (primary N) is 1. The minimum atomic E-state index is -0.759. The Hall–Kier alpha value is -2.11. The average Bonchev–Trinajstić information content (AvgIpc) is 2.29. The molecule has 0 aromatic heterocycles. The Morgan fingerprint density at radius 2 is 2.41 bits per heavy atom. The summed E-state index contributed by atoms with van der Waals surface area (Å²) in [5.41, 5.74) is 7.48. The van der Waals surface area contributed by atoms with E-state index in [1.165, 1.54) is 24.4 Å². The van der Waals surface area contributed by atoms with E-state index in [4.69, 9.17) is 10.5 Å². The Balaban J connectivity index is 2.73. The molecule has 0 aliphatic heterocycles. The second-order valence-electron chi connectivity index (χ2n) is 3.27. The van der Waals surface area contributed by atoms with Crippen LogP contribution in [0.15, 0.2) is 23.3 Å².